The van der Waals surface area contributed by atoms with Crippen LogP contribution in [0.2, 0.25) is 5.02 Å². The fourth-order valence-electron chi connectivity index (χ4n) is 2.69. The molecule has 1 aliphatic carbocycles. The molecule has 0 bridgehead atoms. The highest BCUT2D eigenvalue weighted by Gasteiger charge is 2.23. The first-order valence-corrected chi connectivity index (χ1v) is 6.77. The van der Waals surface area contributed by atoms with Crippen LogP contribution in [-0.4, -0.2) is 0 Å². The first kappa shape index (κ1) is 12.8. The monoisotopic (exact) mass is 255 g/mol. The molecule has 17 heavy (non-hydrogen) atoms. The molecule has 1 nitrogen and oxygen atoms in total. The highest BCUT2D eigenvalue weighted by atomic mass is 35.5. The van der Waals surface area contributed by atoms with Crippen LogP contribution in [0.1, 0.15) is 50.1 Å². The summed E-state index contributed by atoms with van der Waals surface area (Å²) in [5.74, 6) is 0.164. The molecule has 1 saturated carbocycles. The highest BCUT2D eigenvalue weighted by Crippen LogP contribution is 2.33. The van der Waals surface area contributed by atoms with Gasteiger partial charge in [-0.15, -0.1) is 0 Å². The minimum absolute atomic E-state index is 0.216. The Kier molecular flexibility index (Phi) is 4.41. The summed E-state index contributed by atoms with van der Waals surface area (Å²) in [6.45, 7) is 0. The molecule has 0 heterocycles. The van der Waals surface area contributed by atoms with Crippen molar-refractivity contribution in [1.82, 2.24) is 0 Å². The van der Waals surface area contributed by atoms with Crippen LogP contribution in [0, 0.1) is 11.7 Å². The number of hydrogen-bond donors (Lipinski definition) is 1. The van der Waals surface area contributed by atoms with Gasteiger partial charge in [0.15, 0.2) is 0 Å². The maximum Gasteiger partial charge on any atom is 0.128 e. The third-order valence-electron chi connectivity index (χ3n) is 3.72. The maximum atomic E-state index is 13.7. The summed E-state index contributed by atoms with van der Waals surface area (Å²) in [4.78, 5) is 0. The number of rotatable bonds is 2. The van der Waals surface area contributed by atoms with Crippen molar-refractivity contribution in [2.75, 3.05) is 0 Å². The molecule has 94 valence electrons. The average Bonchev–Trinajstić information content (AvgIpc) is 2.60. The Labute approximate surface area is 107 Å². The van der Waals surface area contributed by atoms with Crippen molar-refractivity contribution in [1.29, 1.82) is 0 Å². The normalized spacial score (nSPS) is 19.9. The van der Waals surface area contributed by atoms with Gasteiger partial charge in [-0.2, -0.15) is 0 Å². The fourth-order valence-corrected chi connectivity index (χ4v) is 2.87. The zero-order valence-corrected chi connectivity index (χ0v) is 10.7. The van der Waals surface area contributed by atoms with Gasteiger partial charge in [-0.05, 0) is 37.0 Å². The van der Waals surface area contributed by atoms with Crippen molar-refractivity contribution >= 4 is 11.6 Å². The zero-order chi connectivity index (χ0) is 12.3. The molecular weight excluding hydrogens is 237 g/mol. The maximum absolute atomic E-state index is 13.7. The molecule has 1 atom stereocenters. The van der Waals surface area contributed by atoms with E-state index in [0.29, 0.717) is 16.5 Å². The molecule has 0 amide bonds. The molecule has 2 N–H and O–H groups in total. The second kappa shape index (κ2) is 5.83. The first-order valence-electron chi connectivity index (χ1n) is 6.39. The Morgan fingerprint density at radius 3 is 2.47 bits per heavy atom. The molecule has 1 unspecified atom stereocenters. The van der Waals surface area contributed by atoms with Crippen LogP contribution in [0.25, 0.3) is 0 Å². The standard InChI is InChI=1S/C14H19ClFN/c15-11-7-8-13(16)12(9-11)14(17)10-5-3-1-2-4-6-10/h7-10,14H,1-6,17H2. The van der Waals surface area contributed by atoms with E-state index >= 15 is 0 Å². The van der Waals surface area contributed by atoms with E-state index in [2.05, 4.69) is 0 Å². The number of hydrogen-bond acceptors (Lipinski definition) is 1. The number of benzene rings is 1. The van der Waals surface area contributed by atoms with Gasteiger partial charge in [0.2, 0.25) is 0 Å². The quantitative estimate of drug-likeness (QED) is 0.777. The Hall–Kier alpha value is -0.600. The minimum Gasteiger partial charge on any atom is -0.324 e. The largest absolute Gasteiger partial charge is 0.324 e. The van der Waals surface area contributed by atoms with E-state index in [0.717, 1.165) is 12.8 Å². The van der Waals surface area contributed by atoms with Crippen LogP contribution in [0.15, 0.2) is 18.2 Å². The van der Waals surface area contributed by atoms with E-state index < -0.39 is 0 Å². The third kappa shape index (κ3) is 3.20. The van der Waals surface area contributed by atoms with E-state index in [4.69, 9.17) is 17.3 Å². The molecule has 1 fully saturated rings. The van der Waals surface area contributed by atoms with Crippen LogP contribution >= 0.6 is 11.6 Å². The Morgan fingerprint density at radius 2 is 1.82 bits per heavy atom. The van der Waals surface area contributed by atoms with E-state index in [1.165, 1.54) is 31.7 Å². The van der Waals surface area contributed by atoms with Gasteiger partial charge >= 0.3 is 0 Å². The lowest BCUT2D eigenvalue weighted by Gasteiger charge is -2.23. The summed E-state index contributed by atoms with van der Waals surface area (Å²) in [5, 5.41) is 0.561. The third-order valence-corrected chi connectivity index (χ3v) is 3.96. The topological polar surface area (TPSA) is 26.0 Å². The van der Waals surface area contributed by atoms with Crippen molar-refractivity contribution in [3.8, 4) is 0 Å². The van der Waals surface area contributed by atoms with Crippen LogP contribution in [0.3, 0.4) is 0 Å². The molecular formula is C14H19ClFN. The second-order valence-corrected chi connectivity index (χ2v) is 5.38. The molecule has 0 aromatic heterocycles. The number of nitrogens with two attached hydrogens (primary N) is 1. The lowest BCUT2D eigenvalue weighted by Crippen LogP contribution is -2.22. The van der Waals surface area contributed by atoms with Gasteiger partial charge in [0, 0.05) is 16.6 Å². The summed E-state index contributed by atoms with van der Waals surface area (Å²) in [7, 11) is 0. The summed E-state index contributed by atoms with van der Waals surface area (Å²) in [6.07, 6.45) is 7.18. The van der Waals surface area contributed by atoms with Gasteiger partial charge in [0.05, 0.1) is 0 Å². The molecule has 0 radical (unpaired) electrons. The molecule has 2 rings (SSSR count). The first-order chi connectivity index (χ1) is 8.18. The molecule has 0 spiro atoms. The van der Waals surface area contributed by atoms with Crippen molar-refractivity contribution in [2.24, 2.45) is 11.7 Å². The van der Waals surface area contributed by atoms with E-state index in [-0.39, 0.29) is 11.9 Å². The second-order valence-electron chi connectivity index (χ2n) is 4.94. The van der Waals surface area contributed by atoms with Gasteiger partial charge in [0.1, 0.15) is 5.82 Å². The SMILES string of the molecule is NC(c1cc(Cl)ccc1F)C1CCCCCC1. The van der Waals surface area contributed by atoms with E-state index in [1.54, 1.807) is 12.1 Å². The highest BCUT2D eigenvalue weighted by molar-refractivity contribution is 6.30. The average molecular weight is 256 g/mol. The minimum atomic E-state index is -0.230. The Morgan fingerprint density at radius 1 is 1.18 bits per heavy atom. The zero-order valence-electron chi connectivity index (χ0n) is 9.96. The predicted molar refractivity (Wildman–Crippen MR) is 69.5 cm³/mol. The van der Waals surface area contributed by atoms with Crippen LogP contribution in [0.4, 0.5) is 4.39 Å². The number of halogens is 2. The van der Waals surface area contributed by atoms with Crippen LogP contribution < -0.4 is 5.73 Å². The Balaban J connectivity index is 2.16. The Bertz CT molecular complexity index is 372. The van der Waals surface area contributed by atoms with Gasteiger partial charge < -0.3 is 5.73 Å². The predicted octanol–water partition coefficient (Wildman–Crippen LogP) is 4.45. The van der Waals surface area contributed by atoms with Gasteiger partial charge in [-0.25, -0.2) is 4.39 Å². The summed E-state index contributed by atoms with van der Waals surface area (Å²) < 4.78 is 13.7. The smallest absolute Gasteiger partial charge is 0.128 e. The molecule has 0 saturated heterocycles. The van der Waals surface area contributed by atoms with Crippen LogP contribution in [-0.2, 0) is 0 Å². The lowest BCUT2D eigenvalue weighted by molar-refractivity contribution is 0.373. The van der Waals surface area contributed by atoms with E-state index in [1.807, 2.05) is 0 Å². The molecule has 1 aromatic rings. The van der Waals surface area contributed by atoms with Crippen molar-refractivity contribution < 1.29 is 4.39 Å². The molecule has 1 aliphatic rings. The van der Waals surface area contributed by atoms with Crippen LogP contribution in [0.5, 0.6) is 0 Å². The van der Waals surface area contributed by atoms with Gasteiger partial charge in [-0.3, -0.25) is 0 Å². The lowest BCUT2D eigenvalue weighted by atomic mass is 9.87. The fraction of sp³-hybridized carbons (Fsp3) is 0.571. The summed E-state index contributed by atoms with van der Waals surface area (Å²) in [6, 6.07) is 4.44. The van der Waals surface area contributed by atoms with Crippen molar-refractivity contribution in [2.45, 2.75) is 44.6 Å². The van der Waals surface area contributed by atoms with Gasteiger partial charge in [-0.1, -0.05) is 37.3 Å². The van der Waals surface area contributed by atoms with Gasteiger partial charge in [0.25, 0.3) is 0 Å². The summed E-state index contributed by atoms with van der Waals surface area (Å²) in [5.41, 5.74) is 6.78. The van der Waals surface area contributed by atoms with E-state index in [9.17, 15) is 4.39 Å². The van der Waals surface area contributed by atoms with Crippen molar-refractivity contribution in [3.05, 3.63) is 34.6 Å². The molecule has 1 aromatic carbocycles. The molecule has 0 aliphatic heterocycles. The van der Waals surface area contributed by atoms with Crippen molar-refractivity contribution in [3.63, 3.8) is 0 Å². The summed E-state index contributed by atoms with van der Waals surface area (Å²) >= 11 is 5.91. The molecule has 3 heteroatoms.